The lowest BCUT2D eigenvalue weighted by Gasteiger charge is -2.21. The summed E-state index contributed by atoms with van der Waals surface area (Å²) in [6, 6.07) is 63.7. The maximum Gasteiger partial charge on any atom is 0.0998 e. The van der Waals surface area contributed by atoms with Crippen LogP contribution in [0.1, 0.15) is 27.8 Å². The summed E-state index contributed by atoms with van der Waals surface area (Å²) in [4.78, 5) is 0. The summed E-state index contributed by atoms with van der Waals surface area (Å²) in [5, 5.41) is 45.4. The lowest BCUT2D eigenvalue weighted by atomic mass is 9.95. The van der Waals surface area contributed by atoms with Gasteiger partial charge in [-0.05, 0) is 101 Å². The summed E-state index contributed by atoms with van der Waals surface area (Å²) in [5.41, 5.74) is 13.4. The Morgan fingerprint density at radius 3 is 1.31 bits per heavy atom. The van der Waals surface area contributed by atoms with Gasteiger partial charge in [0, 0.05) is 27.1 Å². The minimum atomic E-state index is 0.459. The molecule has 6 nitrogen and oxygen atoms in total. The molecule has 0 N–H and O–H groups in total. The molecule has 10 rings (SSSR count). The van der Waals surface area contributed by atoms with Crippen molar-refractivity contribution in [2.24, 2.45) is 0 Å². The van der Waals surface area contributed by atoms with Crippen molar-refractivity contribution in [3.05, 3.63) is 192 Å². The van der Waals surface area contributed by atoms with E-state index < -0.39 is 0 Å². The van der Waals surface area contributed by atoms with Gasteiger partial charge in [0.2, 0.25) is 0 Å². The average molecular weight is 751 g/mol. The highest BCUT2D eigenvalue weighted by molar-refractivity contribution is 6.13. The van der Waals surface area contributed by atoms with Gasteiger partial charge in [-0.25, -0.2) is 0 Å². The minimum Gasteiger partial charge on any atom is -0.308 e. The Hall–Kier alpha value is -8.68. The van der Waals surface area contributed by atoms with Crippen LogP contribution in [-0.4, -0.2) is 9.13 Å². The van der Waals surface area contributed by atoms with Crippen molar-refractivity contribution < 1.29 is 0 Å². The summed E-state index contributed by atoms with van der Waals surface area (Å²) >= 11 is 0. The van der Waals surface area contributed by atoms with Crippen LogP contribution in [0.2, 0.25) is 0 Å². The van der Waals surface area contributed by atoms with Crippen LogP contribution in [0.5, 0.6) is 0 Å². The number of hydrogen-bond donors (Lipinski definition) is 0. The van der Waals surface area contributed by atoms with E-state index in [0.717, 1.165) is 93.9 Å². The summed E-state index contributed by atoms with van der Waals surface area (Å²) < 4.78 is 4.44. The van der Waals surface area contributed by atoms with Gasteiger partial charge < -0.3 is 9.13 Å². The van der Waals surface area contributed by atoms with Crippen LogP contribution >= 0.6 is 0 Å². The second-order valence-corrected chi connectivity index (χ2v) is 14.7. The molecule has 8 aromatic carbocycles. The summed E-state index contributed by atoms with van der Waals surface area (Å²) in [5.74, 6) is 0. The van der Waals surface area contributed by atoms with E-state index >= 15 is 0 Å². The Morgan fingerprint density at radius 2 is 0.814 bits per heavy atom. The first kappa shape index (κ1) is 34.8. The largest absolute Gasteiger partial charge is 0.308 e. The average Bonchev–Trinajstić information content (AvgIpc) is 3.80. The third-order valence-electron chi connectivity index (χ3n) is 11.3. The van der Waals surface area contributed by atoms with E-state index in [9.17, 15) is 21.0 Å². The lowest BCUT2D eigenvalue weighted by Crippen LogP contribution is -2.05. The van der Waals surface area contributed by atoms with E-state index in [0.29, 0.717) is 22.3 Å². The number of fused-ring (bicyclic) bond motifs is 6. The Balaban J connectivity index is 1.39. The number of aromatic nitrogens is 2. The van der Waals surface area contributed by atoms with Crippen molar-refractivity contribution >= 4 is 43.6 Å². The Kier molecular flexibility index (Phi) is 8.14. The van der Waals surface area contributed by atoms with Gasteiger partial charge in [-0.3, -0.25) is 0 Å². The van der Waals surface area contributed by atoms with Crippen molar-refractivity contribution in [2.75, 3.05) is 0 Å². The van der Waals surface area contributed by atoms with Crippen molar-refractivity contribution in [2.45, 2.75) is 6.92 Å². The summed E-state index contributed by atoms with van der Waals surface area (Å²) in [6.07, 6.45) is 0. The predicted octanol–water partition coefficient (Wildman–Crippen LogP) is 12.7. The molecule has 0 bridgehead atoms. The molecule has 0 radical (unpaired) electrons. The number of hydrogen-bond acceptors (Lipinski definition) is 4. The number of nitrogens with zero attached hydrogens (tertiary/aromatic N) is 6. The normalized spacial score (nSPS) is 11.1. The van der Waals surface area contributed by atoms with Gasteiger partial charge in [0.05, 0.1) is 80.0 Å². The summed E-state index contributed by atoms with van der Waals surface area (Å²) in [6.45, 7) is 1.99. The zero-order valence-electron chi connectivity index (χ0n) is 31.8. The van der Waals surface area contributed by atoms with Gasteiger partial charge >= 0.3 is 0 Å². The highest BCUT2D eigenvalue weighted by atomic mass is 15.0. The topological polar surface area (TPSA) is 105 Å². The molecule has 2 heterocycles. The third kappa shape index (κ3) is 5.53. The molecule has 59 heavy (non-hydrogen) atoms. The molecule has 0 aliphatic rings. The van der Waals surface area contributed by atoms with Crippen LogP contribution in [0.15, 0.2) is 164 Å². The monoisotopic (exact) mass is 750 g/mol. The molecule has 0 amide bonds. The zero-order chi connectivity index (χ0) is 40.2. The van der Waals surface area contributed by atoms with Crippen molar-refractivity contribution in [1.29, 1.82) is 21.0 Å². The van der Waals surface area contributed by atoms with Crippen LogP contribution in [0, 0.1) is 52.2 Å². The summed E-state index contributed by atoms with van der Waals surface area (Å²) in [7, 11) is 0. The van der Waals surface area contributed by atoms with Crippen LogP contribution in [0.4, 0.5) is 0 Å². The molecular formula is C53H30N6. The van der Waals surface area contributed by atoms with Crippen LogP contribution < -0.4 is 0 Å². The molecule has 0 saturated heterocycles. The van der Waals surface area contributed by atoms with Gasteiger partial charge in [0.1, 0.15) is 0 Å². The van der Waals surface area contributed by atoms with Crippen molar-refractivity contribution in [3.8, 4) is 69.0 Å². The van der Waals surface area contributed by atoms with Crippen LogP contribution in [0.25, 0.3) is 88.4 Å². The first-order valence-electron chi connectivity index (χ1n) is 19.2. The van der Waals surface area contributed by atoms with Gasteiger partial charge in [0.25, 0.3) is 0 Å². The van der Waals surface area contributed by atoms with E-state index in [-0.39, 0.29) is 0 Å². The minimum absolute atomic E-state index is 0.459. The van der Waals surface area contributed by atoms with E-state index in [1.165, 1.54) is 0 Å². The van der Waals surface area contributed by atoms with Gasteiger partial charge in [-0.1, -0.05) is 103 Å². The molecule has 0 aliphatic carbocycles. The molecule has 0 atom stereocenters. The highest BCUT2D eigenvalue weighted by Crippen LogP contribution is 2.44. The predicted molar refractivity (Wildman–Crippen MR) is 235 cm³/mol. The Morgan fingerprint density at radius 1 is 0.373 bits per heavy atom. The lowest BCUT2D eigenvalue weighted by molar-refractivity contribution is 1.13. The van der Waals surface area contributed by atoms with E-state index in [4.69, 9.17) is 0 Å². The Labute approximate surface area is 340 Å². The highest BCUT2D eigenvalue weighted by Gasteiger charge is 2.24. The zero-order valence-corrected chi connectivity index (χ0v) is 31.8. The number of nitriles is 4. The molecule has 2 aromatic heterocycles. The molecule has 0 aliphatic heterocycles. The molecule has 6 heteroatoms. The Bertz CT molecular complexity index is 3380. The molecule has 10 aromatic rings. The molecule has 272 valence electrons. The molecule has 0 unspecified atom stereocenters. The standard InChI is InChI=1S/C53H30N6/c1-33-22-34(29-54)24-40(23-33)53-51(58-47-16-8-6-14-43(47)45-20-18-36(27-49(45)58)41-12-4-2-10-38(41)31-56)25-35(30-55)26-52(53)59-48-17-9-7-15-44(48)46-21-19-37(28-50(46)59)42-13-5-3-11-39(42)32-57/h2-28H,1H3. The van der Waals surface area contributed by atoms with E-state index in [1.54, 1.807) is 0 Å². The van der Waals surface area contributed by atoms with Gasteiger partial charge in [-0.15, -0.1) is 0 Å². The van der Waals surface area contributed by atoms with Crippen LogP contribution in [0.3, 0.4) is 0 Å². The number of para-hydroxylation sites is 2. The first-order chi connectivity index (χ1) is 29.0. The molecule has 0 spiro atoms. The SMILES string of the molecule is Cc1cc(C#N)cc(-c2c(-n3c4ccccc4c4ccc(-c5ccccc5C#N)cc43)cc(C#N)cc2-n2c3ccccc3c3ccc(-c4ccccc4C#N)cc32)c1. The number of benzene rings is 8. The fraction of sp³-hybridized carbons (Fsp3) is 0.0189. The number of aryl methyl sites for hydroxylation is 1. The van der Waals surface area contributed by atoms with Crippen molar-refractivity contribution in [3.63, 3.8) is 0 Å². The first-order valence-corrected chi connectivity index (χ1v) is 19.2. The van der Waals surface area contributed by atoms with Gasteiger partial charge in [-0.2, -0.15) is 21.0 Å². The van der Waals surface area contributed by atoms with Crippen LogP contribution in [-0.2, 0) is 0 Å². The van der Waals surface area contributed by atoms with Crippen molar-refractivity contribution in [1.82, 2.24) is 9.13 Å². The molecular weight excluding hydrogens is 721 g/mol. The van der Waals surface area contributed by atoms with Gasteiger partial charge in [0.15, 0.2) is 0 Å². The molecule has 0 saturated carbocycles. The van der Waals surface area contributed by atoms with E-state index in [2.05, 4.69) is 100 Å². The smallest absolute Gasteiger partial charge is 0.0998 e. The number of rotatable bonds is 5. The van der Waals surface area contributed by atoms with E-state index in [1.807, 2.05) is 104 Å². The maximum atomic E-state index is 10.9. The molecule has 0 fully saturated rings. The second kappa shape index (κ2) is 13.8. The second-order valence-electron chi connectivity index (χ2n) is 14.7. The third-order valence-corrected chi connectivity index (χ3v) is 11.3. The fourth-order valence-corrected chi connectivity index (χ4v) is 8.78. The maximum absolute atomic E-state index is 10.9. The quantitative estimate of drug-likeness (QED) is 0.175. The fourth-order valence-electron chi connectivity index (χ4n) is 8.78.